The Morgan fingerprint density at radius 2 is 1.25 bits per heavy atom. The van der Waals surface area contributed by atoms with Crippen LogP contribution in [-0.4, -0.2) is 20.4 Å². The van der Waals surface area contributed by atoms with Crippen LogP contribution in [0.15, 0.2) is 169 Å². The molecule has 0 radical (unpaired) electrons. The summed E-state index contributed by atoms with van der Waals surface area (Å²) >= 11 is 0. The molecule has 2 aliphatic rings. The first-order chi connectivity index (χ1) is 27.9. The normalized spacial score (nSPS) is 13.8. The number of aromatic amines is 1. The second-order valence-electron chi connectivity index (χ2n) is 15.8. The van der Waals surface area contributed by atoms with Crippen LogP contribution in [0.5, 0.6) is 0 Å². The summed E-state index contributed by atoms with van der Waals surface area (Å²) in [4.78, 5) is 13.3. The van der Waals surface area contributed by atoms with Gasteiger partial charge < -0.3 is 9.55 Å². The number of hydrogen-bond acceptors (Lipinski definition) is 2. The fourth-order valence-corrected chi connectivity index (χ4v) is 9.78. The molecule has 57 heavy (non-hydrogen) atoms. The number of aromatic nitrogens is 3. The molecule has 8 aromatic carbocycles. The van der Waals surface area contributed by atoms with Gasteiger partial charge in [-0.15, -0.1) is 0 Å². The molecular formula is C52H35N5. The molecule has 2 aromatic heterocycles. The number of rotatable bonds is 3. The maximum Gasteiger partial charge on any atom is 0.229 e. The van der Waals surface area contributed by atoms with Crippen LogP contribution in [0.1, 0.15) is 30.5 Å². The lowest BCUT2D eigenvalue weighted by atomic mass is 9.82. The van der Waals surface area contributed by atoms with Crippen molar-refractivity contribution in [1.29, 1.82) is 5.41 Å². The first kappa shape index (κ1) is 31.9. The highest BCUT2D eigenvalue weighted by molar-refractivity contribution is 6.30. The van der Waals surface area contributed by atoms with Crippen LogP contribution in [0.3, 0.4) is 0 Å². The van der Waals surface area contributed by atoms with Gasteiger partial charge in [0.15, 0.2) is 5.84 Å². The summed E-state index contributed by atoms with van der Waals surface area (Å²) in [5.41, 5.74) is 17.4. The van der Waals surface area contributed by atoms with Crippen LogP contribution in [0, 0.1) is 5.41 Å². The van der Waals surface area contributed by atoms with E-state index in [0.29, 0.717) is 11.2 Å². The van der Waals surface area contributed by atoms with E-state index in [2.05, 4.69) is 157 Å². The Hall–Kier alpha value is -7.37. The van der Waals surface area contributed by atoms with Crippen LogP contribution in [-0.2, 0) is 5.41 Å². The van der Waals surface area contributed by atoms with Gasteiger partial charge in [0.25, 0.3) is 0 Å². The smallest absolute Gasteiger partial charge is 0.229 e. The quantitative estimate of drug-likeness (QED) is 0.138. The first-order valence-electron chi connectivity index (χ1n) is 19.5. The van der Waals surface area contributed by atoms with E-state index >= 15 is 0 Å². The SMILES string of the molecule is CC1(C)c2ccccc2-c2ccc(-c3n/c(=N/C(=N)c4ccc(-n5c6cccc7c6c6c8c(cccc8ccc65)-c5ccccc5-7)cc4)[nH]c4ccccc34)cc21. The molecule has 0 saturated heterocycles. The number of fused-ring (bicyclic) bond motifs is 7. The van der Waals surface area contributed by atoms with E-state index in [1.54, 1.807) is 0 Å². The highest BCUT2D eigenvalue weighted by Crippen LogP contribution is 2.51. The van der Waals surface area contributed by atoms with Crippen molar-refractivity contribution < 1.29 is 0 Å². The summed E-state index contributed by atoms with van der Waals surface area (Å²) in [6.07, 6.45) is 0. The van der Waals surface area contributed by atoms with Crippen LogP contribution >= 0.6 is 0 Å². The van der Waals surface area contributed by atoms with Gasteiger partial charge in [0, 0.05) is 38.4 Å². The Balaban J connectivity index is 0.963. The van der Waals surface area contributed by atoms with E-state index in [1.165, 1.54) is 71.6 Å². The van der Waals surface area contributed by atoms with Gasteiger partial charge in [-0.05, 0) is 104 Å². The molecule has 0 amide bonds. The lowest BCUT2D eigenvalue weighted by molar-refractivity contribution is 0.660. The molecule has 5 nitrogen and oxygen atoms in total. The van der Waals surface area contributed by atoms with Crippen molar-refractivity contribution in [2.24, 2.45) is 4.99 Å². The summed E-state index contributed by atoms with van der Waals surface area (Å²) < 4.78 is 2.37. The van der Waals surface area contributed by atoms with Crippen LogP contribution in [0.2, 0.25) is 0 Å². The van der Waals surface area contributed by atoms with Gasteiger partial charge in [-0.1, -0.05) is 129 Å². The van der Waals surface area contributed by atoms with Crippen molar-refractivity contribution >= 4 is 49.3 Å². The van der Waals surface area contributed by atoms with Gasteiger partial charge in [-0.2, -0.15) is 4.99 Å². The predicted octanol–water partition coefficient (Wildman–Crippen LogP) is 12.4. The maximum atomic E-state index is 9.17. The summed E-state index contributed by atoms with van der Waals surface area (Å²) in [6, 6.07) is 58.4. The number of amidine groups is 1. The van der Waals surface area contributed by atoms with E-state index in [4.69, 9.17) is 15.4 Å². The number of benzene rings is 8. The van der Waals surface area contributed by atoms with Crippen molar-refractivity contribution in [2.75, 3.05) is 0 Å². The van der Waals surface area contributed by atoms with Crippen molar-refractivity contribution in [3.05, 3.63) is 186 Å². The first-order valence-corrected chi connectivity index (χ1v) is 19.5. The van der Waals surface area contributed by atoms with Crippen molar-refractivity contribution in [3.8, 4) is 50.3 Å². The molecule has 0 bridgehead atoms. The van der Waals surface area contributed by atoms with Gasteiger partial charge in [-0.25, -0.2) is 4.98 Å². The van der Waals surface area contributed by atoms with Crippen molar-refractivity contribution in [3.63, 3.8) is 0 Å². The third-order valence-electron chi connectivity index (χ3n) is 12.4. The molecule has 2 heterocycles. The predicted molar refractivity (Wildman–Crippen MR) is 234 cm³/mol. The van der Waals surface area contributed by atoms with Gasteiger partial charge in [0.1, 0.15) is 0 Å². The van der Waals surface area contributed by atoms with E-state index in [1.807, 2.05) is 30.3 Å². The molecule has 10 aromatic rings. The average molecular weight is 730 g/mol. The highest BCUT2D eigenvalue weighted by atomic mass is 15.0. The lowest BCUT2D eigenvalue weighted by Gasteiger charge is -2.22. The Labute approximate surface area is 328 Å². The summed E-state index contributed by atoms with van der Waals surface area (Å²) in [6.45, 7) is 4.60. The van der Waals surface area contributed by atoms with Crippen LogP contribution < -0.4 is 5.62 Å². The third-order valence-corrected chi connectivity index (χ3v) is 12.4. The summed E-state index contributed by atoms with van der Waals surface area (Å²) in [5.74, 6) is 0.142. The molecule has 2 N–H and O–H groups in total. The molecule has 2 aliphatic carbocycles. The Kier molecular flexibility index (Phi) is 6.48. The van der Waals surface area contributed by atoms with Gasteiger partial charge in [0.2, 0.25) is 5.62 Å². The minimum Gasteiger partial charge on any atom is -0.323 e. The largest absolute Gasteiger partial charge is 0.323 e. The van der Waals surface area contributed by atoms with Crippen LogP contribution in [0.4, 0.5) is 0 Å². The maximum absolute atomic E-state index is 9.17. The van der Waals surface area contributed by atoms with Gasteiger partial charge in [-0.3, -0.25) is 5.41 Å². The fraction of sp³-hybridized carbons (Fsp3) is 0.0577. The zero-order chi connectivity index (χ0) is 38.0. The zero-order valence-electron chi connectivity index (χ0n) is 31.4. The fourth-order valence-electron chi connectivity index (χ4n) is 9.78. The van der Waals surface area contributed by atoms with Gasteiger partial charge in [0.05, 0.1) is 22.2 Å². The second kappa shape index (κ2) is 11.6. The summed E-state index contributed by atoms with van der Waals surface area (Å²) in [5, 5.41) is 15.3. The van der Waals surface area contributed by atoms with E-state index < -0.39 is 0 Å². The molecule has 0 unspecified atom stereocenters. The molecule has 268 valence electrons. The monoisotopic (exact) mass is 729 g/mol. The van der Waals surface area contributed by atoms with Crippen molar-refractivity contribution in [1.82, 2.24) is 14.5 Å². The molecule has 12 rings (SSSR count). The lowest BCUT2D eigenvalue weighted by Crippen LogP contribution is -2.17. The van der Waals surface area contributed by atoms with Crippen molar-refractivity contribution in [2.45, 2.75) is 19.3 Å². The topological polar surface area (TPSA) is 69.8 Å². The minimum absolute atomic E-state index is 0.126. The van der Waals surface area contributed by atoms with Gasteiger partial charge >= 0.3 is 0 Å². The second-order valence-corrected chi connectivity index (χ2v) is 15.8. The van der Waals surface area contributed by atoms with Crippen LogP contribution in [0.25, 0.3) is 93.8 Å². The number of para-hydroxylation sites is 1. The van der Waals surface area contributed by atoms with E-state index in [-0.39, 0.29) is 11.3 Å². The average Bonchev–Trinajstić information content (AvgIpc) is 3.66. The highest BCUT2D eigenvalue weighted by Gasteiger charge is 2.35. The Bertz CT molecular complexity index is 3450. The summed E-state index contributed by atoms with van der Waals surface area (Å²) in [7, 11) is 0. The number of nitrogens with zero attached hydrogens (tertiary/aromatic N) is 3. The number of H-pyrrole nitrogens is 1. The Morgan fingerprint density at radius 3 is 2.07 bits per heavy atom. The number of hydrogen-bond donors (Lipinski definition) is 2. The number of nitrogens with one attached hydrogen (secondary N) is 2. The van der Waals surface area contributed by atoms with E-state index in [9.17, 15) is 0 Å². The standard InChI is InChI=1S/C52H35N5/c1-52(2)41-18-7-5-14-36(41)37-27-23-32(29-42(37)52)49-40-15-6-8-19-43(40)54-51(55-49)56-50(53)31-21-25-33(26-22-31)57-44-20-10-17-39-35-13-4-3-12-34(35)38-16-9-11-30-24-28-45(57)48(46(30)38)47(39)44/h3-29H,1-2H3,(H2,53,54,55,56). The Morgan fingerprint density at radius 1 is 0.579 bits per heavy atom. The molecule has 0 saturated carbocycles. The van der Waals surface area contributed by atoms with E-state index in [0.717, 1.165) is 33.4 Å². The molecule has 5 heteroatoms. The molecule has 0 atom stereocenters. The molecule has 0 aliphatic heterocycles. The zero-order valence-corrected chi connectivity index (χ0v) is 31.4. The third kappa shape index (κ3) is 4.48. The molecule has 0 fully saturated rings. The minimum atomic E-state index is -0.126. The molecular weight excluding hydrogens is 695 g/mol. The molecule has 0 spiro atoms.